The van der Waals surface area contributed by atoms with Gasteiger partial charge < -0.3 is 0 Å². The largest absolute Gasteiger partial charge is 0.283 e. The maximum Gasteiger partial charge on any atom is 0.261 e. The number of likely N-dealkylation sites (N-methyl/N-ethyl adjacent to an activating group) is 1. The van der Waals surface area contributed by atoms with Crippen LogP contribution >= 0.6 is 11.3 Å². The van der Waals surface area contributed by atoms with E-state index in [2.05, 4.69) is 0 Å². The number of aryl methyl sites for hydroxylation is 1. The molecule has 4 rings (SSSR count). The number of imide groups is 1. The second-order valence-corrected chi connectivity index (χ2v) is 6.84. The normalized spacial score (nSPS) is 27.0. The van der Waals surface area contributed by atoms with E-state index in [0.717, 1.165) is 16.1 Å². The zero-order valence-electron chi connectivity index (χ0n) is 12.8. The highest BCUT2D eigenvalue weighted by Crippen LogP contribution is 2.47. The molecule has 2 aliphatic heterocycles. The topological polar surface area (TPSA) is 49.9 Å². The lowest BCUT2D eigenvalue weighted by atomic mass is 9.95. The lowest BCUT2D eigenvalue weighted by Gasteiger charge is -2.28. The van der Waals surface area contributed by atoms with Crippen molar-refractivity contribution in [2.75, 3.05) is 12.1 Å². The molecule has 0 spiro atoms. The Bertz CT molecular complexity index is 774. The van der Waals surface area contributed by atoms with Crippen LogP contribution < -0.4 is 5.06 Å². The number of hydroxylamine groups is 1. The van der Waals surface area contributed by atoms with Crippen molar-refractivity contribution in [3.63, 3.8) is 0 Å². The Labute approximate surface area is 138 Å². The van der Waals surface area contributed by atoms with Crippen LogP contribution in [0.5, 0.6) is 0 Å². The van der Waals surface area contributed by atoms with E-state index in [-0.39, 0.29) is 17.9 Å². The number of rotatable bonds is 2. The molecule has 0 radical (unpaired) electrons. The van der Waals surface area contributed by atoms with Crippen molar-refractivity contribution in [3.05, 3.63) is 52.2 Å². The molecule has 118 valence electrons. The number of carbonyl (C=O) groups is 2. The molecule has 2 saturated heterocycles. The van der Waals surface area contributed by atoms with E-state index < -0.39 is 12.0 Å². The smallest absolute Gasteiger partial charge is 0.261 e. The number of thiophene rings is 1. The first-order chi connectivity index (χ1) is 11.1. The summed E-state index contributed by atoms with van der Waals surface area (Å²) in [6.45, 7) is 1.99. The minimum atomic E-state index is -0.737. The van der Waals surface area contributed by atoms with Gasteiger partial charge in [0.15, 0.2) is 6.10 Å². The number of nitrogens with zero attached hydrogens (tertiary/aromatic N) is 2. The van der Waals surface area contributed by atoms with Crippen molar-refractivity contribution < 1.29 is 14.4 Å². The fourth-order valence-corrected chi connectivity index (χ4v) is 4.17. The van der Waals surface area contributed by atoms with Crippen molar-refractivity contribution >= 4 is 28.8 Å². The third-order valence-corrected chi connectivity index (χ3v) is 5.47. The first kappa shape index (κ1) is 14.4. The lowest BCUT2D eigenvalue weighted by molar-refractivity contribution is -0.141. The first-order valence-electron chi connectivity index (χ1n) is 7.46. The second-order valence-electron chi connectivity index (χ2n) is 5.86. The highest BCUT2D eigenvalue weighted by Gasteiger charge is 2.59. The first-order valence-corrected chi connectivity index (χ1v) is 8.34. The number of hydrogen-bond donors (Lipinski definition) is 0. The minimum absolute atomic E-state index is 0.172. The molecule has 3 heterocycles. The molecule has 23 heavy (non-hydrogen) atoms. The van der Waals surface area contributed by atoms with Crippen LogP contribution in [-0.4, -0.2) is 29.9 Å². The van der Waals surface area contributed by atoms with Crippen LogP contribution in [0.15, 0.2) is 41.8 Å². The third kappa shape index (κ3) is 2.02. The number of anilines is 1. The highest BCUT2D eigenvalue weighted by atomic mass is 32.1. The molecule has 0 N–H and O–H groups in total. The third-order valence-electron chi connectivity index (χ3n) is 4.52. The van der Waals surface area contributed by atoms with Gasteiger partial charge in [-0.2, -0.15) is 0 Å². The molecule has 1 aromatic carbocycles. The van der Waals surface area contributed by atoms with Crippen molar-refractivity contribution in [3.8, 4) is 0 Å². The molecule has 2 aromatic rings. The second kappa shape index (κ2) is 5.18. The van der Waals surface area contributed by atoms with Gasteiger partial charge in [0, 0.05) is 11.9 Å². The number of amides is 2. The number of fused-ring (bicyclic) bond motifs is 1. The summed E-state index contributed by atoms with van der Waals surface area (Å²) in [6, 6.07) is 11.5. The number of carbonyl (C=O) groups excluding carboxylic acids is 2. The van der Waals surface area contributed by atoms with Gasteiger partial charge in [-0.15, -0.1) is 11.3 Å². The summed E-state index contributed by atoms with van der Waals surface area (Å²) in [5, 5.41) is 3.73. The summed E-state index contributed by atoms with van der Waals surface area (Å²) >= 11 is 1.57. The van der Waals surface area contributed by atoms with Crippen LogP contribution in [0.25, 0.3) is 0 Å². The summed E-state index contributed by atoms with van der Waals surface area (Å²) in [5.41, 5.74) is 1.94. The molecule has 0 aliphatic carbocycles. The fraction of sp³-hybridized carbons (Fsp3) is 0.294. The van der Waals surface area contributed by atoms with Gasteiger partial charge >= 0.3 is 0 Å². The predicted octanol–water partition coefficient (Wildman–Crippen LogP) is 2.53. The van der Waals surface area contributed by atoms with Gasteiger partial charge in [-0.3, -0.25) is 19.3 Å². The summed E-state index contributed by atoms with van der Waals surface area (Å²) < 4.78 is 0. The van der Waals surface area contributed by atoms with Gasteiger partial charge in [0.25, 0.3) is 5.91 Å². The Morgan fingerprint density at radius 2 is 1.87 bits per heavy atom. The van der Waals surface area contributed by atoms with E-state index in [0.29, 0.717) is 0 Å². The molecule has 2 amide bonds. The molecular formula is C17H16N2O3S. The van der Waals surface area contributed by atoms with E-state index in [1.54, 1.807) is 16.4 Å². The average molecular weight is 328 g/mol. The molecule has 6 heteroatoms. The fourth-order valence-electron chi connectivity index (χ4n) is 3.32. The number of para-hydroxylation sites is 1. The summed E-state index contributed by atoms with van der Waals surface area (Å²) in [4.78, 5) is 33.1. The Morgan fingerprint density at radius 3 is 2.57 bits per heavy atom. The van der Waals surface area contributed by atoms with Gasteiger partial charge in [0.1, 0.15) is 12.0 Å². The molecule has 0 bridgehead atoms. The van der Waals surface area contributed by atoms with E-state index >= 15 is 0 Å². The molecule has 5 nitrogen and oxygen atoms in total. The lowest BCUT2D eigenvalue weighted by Crippen LogP contribution is -2.34. The zero-order valence-corrected chi connectivity index (χ0v) is 13.6. The van der Waals surface area contributed by atoms with Crippen LogP contribution in [0, 0.1) is 12.8 Å². The number of benzene rings is 1. The Morgan fingerprint density at radius 1 is 1.09 bits per heavy atom. The van der Waals surface area contributed by atoms with E-state index in [4.69, 9.17) is 4.84 Å². The van der Waals surface area contributed by atoms with E-state index in [1.165, 1.54) is 11.9 Å². The SMILES string of the molecule is Cc1ccccc1N1O[C@H]2C(=O)N(C)C(=O)[C@@H]2[C@@H]1c1cccs1. The average Bonchev–Trinajstić information content (AvgIpc) is 3.23. The maximum atomic E-state index is 12.6. The summed E-state index contributed by atoms with van der Waals surface area (Å²) in [7, 11) is 1.52. The Kier molecular flexibility index (Phi) is 3.25. The van der Waals surface area contributed by atoms with Gasteiger partial charge in [-0.1, -0.05) is 24.3 Å². The number of likely N-dealkylation sites (tertiary alicyclic amines) is 1. The van der Waals surface area contributed by atoms with Gasteiger partial charge in [-0.25, -0.2) is 5.06 Å². The van der Waals surface area contributed by atoms with E-state index in [9.17, 15) is 9.59 Å². The predicted molar refractivity (Wildman–Crippen MR) is 86.9 cm³/mol. The van der Waals surface area contributed by atoms with Crippen molar-refractivity contribution in [2.24, 2.45) is 5.92 Å². The molecule has 3 atom stereocenters. The van der Waals surface area contributed by atoms with Crippen molar-refractivity contribution in [1.82, 2.24) is 4.90 Å². The van der Waals surface area contributed by atoms with Gasteiger partial charge in [0.05, 0.1) is 5.69 Å². The van der Waals surface area contributed by atoms with Crippen LogP contribution in [0.2, 0.25) is 0 Å². The van der Waals surface area contributed by atoms with E-state index in [1.807, 2.05) is 48.7 Å². The molecule has 0 unspecified atom stereocenters. The molecule has 1 aromatic heterocycles. The van der Waals surface area contributed by atoms with Gasteiger partial charge in [0.2, 0.25) is 5.91 Å². The quantitative estimate of drug-likeness (QED) is 0.795. The Balaban J connectivity index is 1.83. The minimum Gasteiger partial charge on any atom is -0.283 e. The summed E-state index contributed by atoms with van der Waals surface area (Å²) in [5.74, 6) is -0.933. The maximum absolute atomic E-state index is 12.6. The van der Waals surface area contributed by atoms with Crippen LogP contribution in [0.3, 0.4) is 0 Å². The van der Waals surface area contributed by atoms with Crippen molar-refractivity contribution in [1.29, 1.82) is 0 Å². The molecule has 2 fully saturated rings. The van der Waals surface area contributed by atoms with Gasteiger partial charge in [-0.05, 0) is 30.0 Å². The standard InChI is InChI=1S/C17H16N2O3S/c1-10-6-3-4-7-11(10)19-14(12-8-5-9-23-12)13-15(22-19)17(21)18(2)16(13)20/h3-9,13-15H,1-2H3/t13-,14+,15-/m1/s1. The highest BCUT2D eigenvalue weighted by molar-refractivity contribution is 7.10. The summed E-state index contributed by atoms with van der Waals surface area (Å²) in [6.07, 6.45) is -0.737. The van der Waals surface area contributed by atoms with Crippen LogP contribution in [0.1, 0.15) is 16.5 Å². The molecular weight excluding hydrogens is 312 g/mol. The zero-order chi connectivity index (χ0) is 16.1. The van der Waals surface area contributed by atoms with Crippen molar-refractivity contribution in [2.45, 2.75) is 19.1 Å². The number of hydrogen-bond acceptors (Lipinski definition) is 5. The molecule has 2 aliphatic rings. The van der Waals surface area contributed by atoms with Crippen LogP contribution in [0.4, 0.5) is 5.69 Å². The molecule has 0 saturated carbocycles. The monoisotopic (exact) mass is 328 g/mol. The Hall–Kier alpha value is -2.18. The van der Waals surface area contributed by atoms with Crippen LogP contribution in [-0.2, 0) is 14.4 Å².